The van der Waals surface area contributed by atoms with Crippen LogP contribution in [0.3, 0.4) is 0 Å². The highest BCUT2D eigenvalue weighted by atomic mass is 16.6. The van der Waals surface area contributed by atoms with Crippen molar-refractivity contribution >= 4 is 11.8 Å². The molecule has 1 aliphatic carbocycles. The molecule has 2 saturated heterocycles. The molecule has 1 saturated carbocycles. The molecule has 2 aromatic carbocycles. The summed E-state index contributed by atoms with van der Waals surface area (Å²) in [6, 6.07) is 19.9. The smallest absolute Gasteiger partial charge is 0.411 e. The van der Waals surface area contributed by atoms with Crippen molar-refractivity contribution in [2.24, 2.45) is 11.8 Å². The van der Waals surface area contributed by atoms with E-state index in [1.807, 2.05) is 31.2 Å². The molecule has 2 bridgehead atoms. The number of benzene rings is 2. The number of carbonyl (C=O) groups excluding carboxylic acids is 1. The van der Waals surface area contributed by atoms with Crippen LogP contribution in [-0.4, -0.2) is 35.7 Å². The Hall–Kier alpha value is -2.33. The SMILES string of the molecule is Cc1ccc(NC(=O)OC2CC3CC2[C@H]2CCCCN2[C@H]3Cc2ccccc2)cc1. The van der Waals surface area contributed by atoms with Crippen molar-refractivity contribution in [3.8, 4) is 0 Å². The number of aryl methyl sites for hydroxylation is 1. The van der Waals surface area contributed by atoms with Gasteiger partial charge in [-0.2, -0.15) is 0 Å². The number of hydrogen-bond acceptors (Lipinski definition) is 3. The molecule has 3 unspecified atom stereocenters. The summed E-state index contributed by atoms with van der Waals surface area (Å²) >= 11 is 0. The maximum Gasteiger partial charge on any atom is 0.411 e. The third-order valence-electron chi connectivity index (χ3n) is 7.49. The van der Waals surface area contributed by atoms with Gasteiger partial charge >= 0.3 is 6.09 Å². The van der Waals surface area contributed by atoms with Crippen LogP contribution in [0.25, 0.3) is 0 Å². The van der Waals surface area contributed by atoms with Gasteiger partial charge in [0.1, 0.15) is 6.10 Å². The summed E-state index contributed by atoms with van der Waals surface area (Å²) in [4.78, 5) is 15.4. The molecule has 4 nitrogen and oxygen atoms in total. The summed E-state index contributed by atoms with van der Waals surface area (Å²) in [5.74, 6) is 1.09. The van der Waals surface area contributed by atoms with Crippen molar-refractivity contribution in [2.75, 3.05) is 11.9 Å². The summed E-state index contributed by atoms with van der Waals surface area (Å²) in [6.07, 6.45) is 6.85. The molecule has 3 aliphatic rings. The lowest BCUT2D eigenvalue weighted by atomic mass is 9.79. The van der Waals surface area contributed by atoms with Gasteiger partial charge in [0.15, 0.2) is 0 Å². The van der Waals surface area contributed by atoms with E-state index in [9.17, 15) is 4.79 Å². The molecular formula is C26H32N2O2. The minimum atomic E-state index is -0.307. The molecule has 1 N–H and O–H groups in total. The summed E-state index contributed by atoms with van der Waals surface area (Å²) in [5.41, 5.74) is 3.40. The van der Waals surface area contributed by atoms with E-state index in [0.717, 1.165) is 18.5 Å². The van der Waals surface area contributed by atoms with Crippen LogP contribution in [0.15, 0.2) is 54.6 Å². The van der Waals surface area contributed by atoms with E-state index in [-0.39, 0.29) is 12.2 Å². The van der Waals surface area contributed by atoms with Crippen molar-refractivity contribution in [3.63, 3.8) is 0 Å². The summed E-state index contributed by atoms with van der Waals surface area (Å²) in [6.45, 7) is 3.24. The minimum absolute atomic E-state index is 0.0341. The molecule has 0 spiro atoms. The lowest BCUT2D eigenvalue weighted by molar-refractivity contribution is -0.0144. The van der Waals surface area contributed by atoms with E-state index in [0.29, 0.717) is 23.9 Å². The zero-order valence-corrected chi connectivity index (χ0v) is 17.8. The zero-order valence-electron chi connectivity index (χ0n) is 17.8. The first-order valence-corrected chi connectivity index (χ1v) is 11.5. The van der Waals surface area contributed by atoms with E-state index in [1.54, 1.807) is 0 Å². The molecule has 30 heavy (non-hydrogen) atoms. The largest absolute Gasteiger partial charge is 0.446 e. The highest BCUT2D eigenvalue weighted by Gasteiger charge is 2.52. The minimum Gasteiger partial charge on any atom is -0.446 e. The Morgan fingerprint density at radius 3 is 2.67 bits per heavy atom. The van der Waals surface area contributed by atoms with Crippen molar-refractivity contribution < 1.29 is 9.53 Å². The zero-order chi connectivity index (χ0) is 20.5. The first kappa shape index (κ1) is 19.6. The summed E-state index contributed by atoms with van der Waals surface area (Å²) in [7, 11) is 0. The standard InChI is InChI=1S/C26H32N2O2/c1-18-10-12-21(13-11-18)27-26(29)30-25-17-20-16-22(25)23-9-5-6-14-28(23)24(20)15-19-7-3-2-4-8-19/h2-4,7-8,10-13,20,22-25H,5-6,9,14-17H2,1H3,(H,27,29)/t20?,22?,23-,24+,25?/m1/s1. The van der Waals surface area contributed by atoms with Crippen molar-refractivity contribution in [1.29, 1.82) is 0 Å². The Balaban J connectivity index is 1.29. The average molecular weight is 405 g/mol. The van der Waals surface area contributed by atoms with Crippen molar-refractivity contribution in [2.45, 2.75) is 63.6 Å². The van der Waals surface area contributed by atoms with Crippen LogP contribution in [0.4, 0.5) is 10.5 Å². The number of rotatable bonds is 4. The molecule has 2 aromatic rings. The molecule has 5 rings (SSSR count). The van der Waals surface area contributed by atoms with Gasteiger partial charge in [-0.1, -0.05) is 54.4 Å². The van der Waals surface area contributed by atoms with E-state index in [1.165, 1.54) is 43.4 Å². The third kappa shape index (κ3) is 3.98. The fraction of sp³-hybridized carbons (Fsp3) is 0.500. The van der Waals surface area contributed by atoms with Gasteiger partial charge in [0, 0.05) is 23.7 Å². The van der Waals surface area contributed by atoms with Crippen molar-refractivity contribution in [3.05, 3.63) is 65.7 Å². The fourth-order valence-corrected chi connectivity index (χ4v) is 6.11. The molecule has 2 aliphatic heterocycles. The molecule has 3 fully saturated rings. The van der Waals surface area contributed by atoms with Crippen LogP contribution in [-0.2, 0) is 11.2 Å². The monoisotopic (exact) mass is 404 g/mol. The number of ether oxygens (including phenoxy) is 1. The number of hydrogen-bond donors (Lipinski definition) is 1. The van der Waals surface area contributed by atoms with Crippen LogP contribution in [0.5, 0.6) is 0 Å². The Bertz CT molecular complexity index is 866. The Morgan fingerprint density at radius 1 is 1.07 bits per heavy atom. The van der Waals surface area contributed by atoms with Gasteiger partial charge in [0.2, 0.25) is 0 Å². The second kappa shape index (κ2) is 8.43. The van der Waals surface area contributed by atoms with Gasteiger partial charge in [0.25, 0.3) is 0 Å². The van der Waals surface area contributed by atoms with Gasteiger partial charge in [0.05, 0.1) is 0 Å². The van der Waals surface area contributed by atoms with Crippen molar-refractivity contribution in [1.82, 2.24) is 4.90 Å². The van der Waals surface area contributed by atoms with E-state index in [2.05, 4.69) is 40.5 Å². The number of piperidine rings is 2. The average Bonchev–Trinajstić information content (AvgIpc) is 3.13. The van der Waals surface area contributed by atoms with Crippen LogP contribution < -0.4 is 5.32 Å². The highest BCUT2D eigenvalue weighted by molar-refractivity contribution is 5.84. The van der Waals surface area contributed by atoms with Gasteiger partial charge in [-0.05, 0) is 69.2 Å². The second-order valence-electron chi connectivity index (χ2n) is 9.39. The lowest BCUT2D eigenvalue weighted by Crippen LogP contribution is -2.55. The number of amides is 1. The maximum atomic E-state index is 12.6. The Kier molecular flexibility index (Phi) is 5.51. The van der Waals surface area contributed by atoms with Gasteiger partial charge < -0.3 is 4.74 Å². The third-order valence-corrected chi connectivity index (χ3v) is 7.49. The second-order valence-corrected chi connectivity index (χ2v) is 9.39. The lowest BCUT2D eigenvalue weighted by Gasteiger charge is -2.49. The topological polar surface area (TPSA) is 41.6 Å². The predicted octanol–water partition coefficient (Wildman–Crippen LogP) is 5.42. The number of nitrogens with zero attached hydrogens (tertiary/aromatic N) is 1. The van der Waals surface area contributed by atoms with E-state index in [4.69, 9.17) is 4.74 Å². The molecule has 4 heteroatoms. The first-order valence-electron chi connectivity index (χ1n) is 11.5. The van der Waals surface area contributed by atoms with Crippen LogP contribution in [0.2, 0.25) is 0 Å². The summed E-state index contributed by atoms with van der Waals surface area (Å²) in [5, 5.41) is 2.92. The van der Waals surface area contributed by atoms with Gasteiger partial charge in [-0.25, -0.2) is 4.79 Å². The van der Waals surface area contributed by atoms with Crippen LogP contribution >= 0.6 is 0 Å². The Morgan fingerprint density at radius 2 is 1.87 bits per heavy atom. The number of anilines is 1. The quantitative estimate of drug-likeness (QED) is 0.740. The van der Waals surface area contributed by atoms with Gasteiger partial charge in [-0.3, -0.25) is 10.2 Å². The molecule has 2 heterocycles. The summed E-state index contributed by atoms with van der Waals surface area (Å²) < 4.78 is 6.03. The normalized spacial score (nSPS) is 30.5. The number of carbonyl (C=O) groups is 1. The predicted molar refractivity (Wildman–Crippen MR) is 120 cm³/mol. The molecule has 0 aromatic heterocycles. The van der Waals surface area contributed by atoms with E-state index < -0.39 is 0 Å². The van der Waals surface area contributed by atoms with Gasteiger partial charge in [-0.15, -0.1) is 0 Å². The maximum absolute atomic E-state index is 12.6. The molecular weight excluding hydrogens is 372 g/mol. The number of nitrogens with one attached hydrogen (secondary N) is 1. The molecule has 1 amide bonds. The molecule has 158 valence electrons. The van der Waals surface area contributed by atoms with Crippen LogP contribution in [0, 0.1) is 18.8 Å². The van der Waals surface area contributed by atoms with E-state index >= 15 is 0 Å². The number of fused-ring (bicyclic) bond motifs is 4. The highest BCUT2D eigenvalue weighted by Crippen LogP contribution is 2.49. The molecule has 5 atom stereocenters. The Labute approximate surface area is 179 Å². The van der Waals surface area contributed by atoms with Crippen LogP contribution in [0.1, 0.15) is 43.2 Å². The first-order chi connectivity index (χ1) is 14.7. The molecule has 0 radical (unpaired) electrons. The fourth-order valence-electron chi connectivity index (χ4n) is 6.11.